The third-order valence-corrected chi connectivity index (χ3v) is 3.85. The topological polar surface area (TPSA) is 38.7 Å². The van der Waals surface area contributed by atoms with Crippen LogP contribution in [-0.4, -0.2) is 13.2 Å². The molecule has 0 radical (unpaired) electrons. The van der Waals surface area contributed by atoms with E-state index in [0.29, 0.717) is 17.3 Å². The maximum atomic E-state index is 14.0. The van der Waals surface area contributed by atoms with Gasteiger partial charge in [0, 0.05) is 5.56 Å². The van der Waals surface area contributed by atoms with E-state index in [0.717, 1.165) is 6.42 Å². The maximum Gasteiger partial charge on any atom is 0.235 e. The predicted octanol–water partition coefficient (Wildman–Crippen LogP) is 3.45. The van der Waals surface area contributed by atoms with E-state index in [1.807, 2.05) is 0 Å². The number of carbonyl (C=O) groups excluding carboxylic acids is 1. The number of benzene rings is 1. The molecule has 0 saturated heterocycles. The van der Waals surface area contributed by atoms with Gasteiger partial charge in [0.2, 0.25) is 11.9 Å². The van der Waals surface area contributed by atoms with E-state index in [-0.39, 0.29) is 11.3 Å². The van der Waals surface area contributed by atoms with Crippen LogP contribution in [0.4, 0.5) is 8.78 Å². The van der Waals surface area contributed by atoms with Gasteiger partial charge < -0.3 is 4.74 Å². The van der Waals surface area contributed by atoms with E-state index >= 15 is 0 Å². The Morgan fingerprint density at radius 1 is 1.44 bits per heavy atom. The Bertz CT molecular complexity index is 537. The molecule has 0 unspecified atom stereocenters. The lowest BCUT2D eigenvalue weighted by molar-refractivity contribution is 0.243. The van der Waals surface area contributed by atoms with Crippen LogP contribution in [0.15, 0.2) is 15.5 Å². The van der Waals surface area contributed by atoms with Gasteiger partial charge in [-0.05, 0) is 41.3 Å². The standard InChI is InChI=1S/C12H10BrF2NO2/c1-18-11-8(13)5-7(9(14)10(11)15)12(16-6-17)3-2-4-12/h5H,2-4H2,1H3. The monoisotopic (exact) mass is 317 g/mol. The molecule has 1 aliphatic rings. The third-order valence-electron chi connectivity index (χ3n) is 3.26. The highest BCUT2D eigenvalue weighted by Crippen LogP contribution is 2.48. The molecule has 18 heavy (non-hydrogen) atoms. The van der Waals surface area contributed by atoms with Gasteiger partial charge in [-0.25, -0.2) is 9.18 Å². The third kappa shape index (κ3) is 1.85. The number of hydrogen-bond acceptors (Lipinski definition) is 3. The van der Waals surface area contributed by atoms with Crippen molar-refractivity contribution in [2.75, 3.05) is 7.11 Å². The second kappa shape index (κ2) is 4.78. The average molecular weight is 318 g/mol. The Hall–Kier alpha value is -1.26. The lowest BCUT2D eigenvalue weighted by Gasteiger charge is -2.37. The van der Waals surface area contributed by atoms with E-state index in [4.69, 9.17) is 4.74 Å². The molecule has 96 valence electrons. The van der Waals surface area contributed by atoms with Crippen molar-refractivity contribution < 1.29 is 18.3 Å². The Labute approximate surface area is 111 Å². The van der Waals surface area contributed by atoms with Crippen LogP contribution in [-0.2, 0) is 10.3 Å². The molecular formula is C12H10BrF2NO2. The summed E-state index contributed by atoms with van der Waals surface area (Å²) in [6, 6.07) is 1.41. The van der Waals surface area contributed by atoms with Gasteiger partial charge in [-0.15, -0.1) is 0 Å². The molecule has 6 heteroatoms. The lowest BCUT2D eigenvalue weighted by atomic mass is 9.72. The van der Waals surface area contributed by atoms with Crippen molar-refractivity contribution in [2.45, 2.75) is 24.8 Å². The van der Waals surface area contributed by atoms with Gasteiger partial charge in [0.1, 0.15) is 5.54 Å². The number of hydrogen-bond donors (Lipinski definition) is 0. The molecule has 0 bridgehead atoms. The van der Waals surface area contributed by atoms with Gasteiger partial charge in [-0.2, -0.15) is 9.38 Å². The van der Waals surface area contributed by atoms with Crippen molar-refractivity contribution in [2.24, 2.45) is 4.99 Å². The van der Waals surface area contributed by atoms with Gasteiger partial charge >= 0.3 is 0 Å². The summed E-state index contributed by atoms with van der Waals surface area (Å²) in [5.74, 6) is -2.29. The summed E-state index contributed by atoms with van der Waals surface area (Å²) in [6.45, 7) is 0. The Kier molecular flexibility index (Phi) is 3.50. The minimum atomic E-state index is -1.07. The second-order valence-corrected chi connectivity index (χ2v) is 5.01. The van der Waals surface area contributed by atoms with Crippen LogP contribution in [0.2, 0.25) is 0 Å². The molecule has 1 saturated carbocycles. The maximum absolute atomic E-state index is 14.0. The SMILES string of the molecule is COc1c(Br)cc(C2(N=C=O)CCC2)c(F)c1F. The molecule has 1 aromatic carbocycles. The summed E-state index contributed by atoms with van der Waals surface area (Å²) in [7, 11) is 1.25. The van der Waals surface area contributed by atoms with Crippen LogP contribution < -0.4 is 4.74 Å². The van der Waals surface area contributed by atoms with Crippen LogP contribution in [0.5, 0.6) is 5.75 Å². The van der Waals surface area contributed by atoms with Crippen molar-refractivity contribution >= 4 is 22.0 Å². The summed E-state index contributed by atoms with van der Waals surface area (Å²) >= 11 is 3.12. The first-order valence-electron chi connectivity index (χ1n) is 5.37. The zero-order valence-electron chi connectivity index (χ0n) is 9.60. The molecule has 0 N–H and O–H groups in total. The van der Waals surface area contributed by atoms with Crippen LogP contribution in [0.3, 0.4) is 0 Å². The molecule has 0 aromatic heterocycles. The van der Waals surface area contributed by atoms with Crippen LogP contribution in [0.25, 0.3) is 0 Å². The van der Waals surface area contributed by atoms with Gasteiger partial charge in [0.15, 0.2) is 11.6 Å². The fourth-order valence-electron chi connectivity index (χ4n) is 2.14. The molecular weight excluding hydrogens is 308 g/mol. The van der Waals surface area contributed by atoms with Crippen molar-refractivity contribution in [3.05, 3.63) is 27.7 Å². The number of nitrogens with zero attached hydrogens (tertiary/aromatic N) is 1. The van der Waals surface area contributed by atoms with Crippen molar-refractivity contribution in [1.29, 1.82) is 0 Å². The van der Waals surface area contributed by atoms with Gasteiger partial charge in [0.25, 0.3) is 0 Å². The zero-order chi connectivity index (χ0) is 13.3. The predicted molar refractivity (Wildman–Crippen MR) is 64.3 cm³/mol. The van der Waals surface area contributed by atoms with E-state index < -0.39 is 17.2 Å². The average Bonchev–Trinajstić information content (AvgIpc) is 2.29. The summed E-state index contributed by atoms with van der Waals surface area (Å²) in [6.07, 6.45) is 3.28. The molecule has 0 aliphatic heterocycles. The number of methoxy groups -OCH3 is 1. The fraction of sp³-hybridized carbons (Fsp3) is 0.417. The first-order valence-corrected chi connectivity index (χ1v) is 6.16. The highest BCUT2D eigenvalue weighted by molar-refractivity contribution is 9.10. The zero-order valence-corrected chi connectivity index (χ0v) is 11.2. The number of rotatable bonds is 3. The lowest BCUT2D eigenvalue weighted by Crippen LogP contribution is -2.33. The summed E-state index contributed by atoms with van der Waals surface area (Å²) < 4.78 is 32.9. The molecule has 0 spiro atoms. The Morgan fingerprint density at radius 2 is 2.11 bits per heavy atom. The number of aliphatic imine (C=N–C) groups is 1. The molecule has 2 rings (SSSR count). The number of ether oxygens (including phenoxy) is 1. The minimum Gasteiger partial charge on any atom is -0.492 e. The summed E-state index contributed by atoms with van der Waals surface area (Å²) in [5.41, 5.74) is -0.899. The van der Waals surface area contributed by atoms with E-state index in [1.54, 1.807) is 0 Å². The molecule has 0 amide bonds. The first kappa shape index (κ1) is 13.2. The Morgan fingerprint density at radius 3 is 2.56 bits per heavy atom. The molecule has 3 nitrogen and oxygen atoms in total. The molecule has 1 aliphatic carbocycles. The van der Waals surface area contributed by atoms with Crippen molar-refractivity contribution in [3.8, 4) is 5.75 Å². The van der Waals surface area contributed by atoms with Crippen LogP contribution >= 0.6 is 15.9 Å². The fourth-order valence-corrected chi connectivity index (χ4v) is 2.71. The van der Waals surface area contributed by atoms with Crippen LogP contribution in [0.1, 0.15) is 24.8 Å². The highest BCUT2D eigenvalue weighted by atomic mass is 79.9. The van der Waals surface area contributed by atoms with E-state index in [9.17, 15) is 13.6 Å². The molecule has 0 atom stereocenters. The highest BCUT2D eigenvalue weighted by Gasteiger charge is 2.42. The van der Waals surface area contributed by atoms with Crippen molar-refractivity contribution in [3.63, 3.8) is 0 Å². The Balaban J connectivity index is 2.62. The van der Waals surface area contributed by atoms with Crippen LogP contribution in [0, 0.1) is 11.6 Å². The van der Waals surface area contributed by atoms with E-state index in [1.165, 1.54) is 19.3 Å². The molecule has 1 aromatic rings. The molecule has 1 fully saturated rings. The minimum absolute atomic E-state index is 0.0716. The summed E-state index contributed by atoms with van der Waals surface area (Å²) in [4.78, 5) is 14.1. The van der Waals surface area contributed by atoms with Gasteiger partial charge in [-0.1, -0.05) is 0 Å². The van der Waals surface area contributed by atoms with E-state index in [2.05, 4.69) is 20.9 Å². The molecule has 0 heterocycles. The van der Waals surface area contributed by atoms with Gasteiger partial charge in [0.05, 0.1) is 11.6 Å². The second-order valence-electron chi connectivity index (χ2n) is 4.16. The number of isocyanates is 1. The summed E-state index contributed by atoms with van der Waals surface area (Å²) in [5, 5.41) is 0. The number of halogens is 3. The normalized spacial score (nSPS) is 16.7. The van der Waals surface area contributed by atoms with Gasteiger partial charge in [-0.3, -0.25) is 0 Å². The first-order chi connectivity index (χ1) is 8.55. The largest absolute Gasteiger partial charge is 0.492 e. The smallest absolute Gasteiger partial charge is 0.235 e. The van der Waals surface area contributed by atoms with Crippen molar-refractivity contribution in [1.82, 2.24) is 0 Å². The quantitative estimate of drug-likeness (QED) is 0.486.